The van der Waals surface area contributed by atoms with E-state index in [4.69, 9.17) is 0 Å². The van der Waals surface area contributed by atoms with E-state index in [1.54, 1.807) is 0 Å². The lowest BCUT2D eigenvalue weighted by atomic mass is 9.98. The Morgan fingerprint density at radius 2 is 0.929 bits per heavy atom. The molecule has 0 saturated heterocycles. The summed E-state index contributed by atoms with van der Waals surface area (Å²) >= 11 is 0. The number of rotatable bonds is 6. The van der Waals surface area contributed by atoms with Gasteiger partial charge in [-0.25, -0.2) is 0 Å². The van der Waals surface area contributed by atoms with E-state index >= 15 is 0 Å². The summed E-state index contributed by atoms with van der Waals surface area (Å²) in [6.45, 7) is 0. The second-order valence-corrected chi connectivity index (χ2v) is 14.9. The van der Waals surface area contributed by atoms with Gasteiger partial charge in [0.05, 0.1) is 17.3 Å². The zero-order valence-electron chi connectivity index (χ0n) is 30.9. The summed E-state index contributed by atoms with van der Waals surface area (Å²) < 4.78 is 2.46. The maximum atomic E-state index is 2.56. The van der Waals surface area contributed by atoms with Gasteiger partial charge in [0.15, 0.2) is 0 Å². The molecule has 1 unspecified atom stereocenters. The fourth-order valence-corrected chi connectivity index (χ4v) is 9.05. The van der Waals surface area contributed by atoms with Crippen LogP contribution in [0.4, 0.5) is 11.4 Å². The highest BCUT2D eigenvalue weighted by Crippen LogP contribution is 2.48. The van der Waals surface area contributed by atoms with Crippen LogP contribution in [0, 0.1) is 0 Å². The first kappa shape index (κ1) is 32.3. The van der Waals surface area contributed by atoms with E-state index in [0.29, 0.717) is 0 Å². The molecule has 0 amide bonds. The molecular formula is C54H38N2. The molecule has 1 aliphatic heterocycles. The number of hydrogen-bond acceptors (Lipinski definition) is 1. The van der Waals surface area contributed by atoms with Crippen LogP contribution in [0.5, 0.6) is 0 Å². The van der Waals surface area contributed by atoms with Crippen LogP contribution in [0.3, 0.4) is 0 Å². The average Bonchev–Trinajstić information content (AvgIpc) is 3.84. The second-order valence-electron chi connectivity index (χ2n) is 14.9. The molecule has 0 bridgehead atoms. The molecule has 1 atom stereocenters. The molecular weight excluding hydrogens is 677 g/mol. The van der Waals surface area contributed by atoms with Crippen LogP contribution in [-0.2, 0) is 6.42 Å². The maximum Gasteiger partial charge on any atom is 0.0632 e. The van der Waals surface area contributed by atoms with E-state index in [0.717, 1.165) is 12.1 Å². The Morgan fingerprint density at radius 3 is 1.55 bits per heavy atom. The Labute approximate surface area is 327 Å². The fraction of sp³-hybridized carbons (Fsp3) is 0.0370. The molecule has 1 aromatic heterocycles. The first-order valence-corrected chi connectivity index (χ1v) is 19.5. The van der Waals surface area contributed by atoms with Crippen molar-refractivity contribution in [2.24, 2.45) is 0 Å². The highest BCUT2D eigenvalue weighted by Gasteiger charge is 2.33. The van der Waals surface area contributed by atoms with Crippen molar-refractivity contribution in [3.8, 4) is 39.2 Å². The summed E-state index contributed by atoms with van der Waals surface area (Å²) in [6, 6.07) is 78.0. The molecule has 0 aliphatic carbocycles. The highest BCUT2D eigenvalue weighted by atomic mass is 15.2. The van der Waals surface area contributed by atoms with Crippen LogP contribution in [0.1, 0.15) is 17.2 Å². The summed E-state index contributed by atoms with van der Waals surface area (Å²) in [7, 11) is 0. The molecule has 9 aromatic carbocycles. The number of hydrogen-bond donors (Lipinski definition) is 0. The first-order valence-electron chi connectivity index (χ1n) is 19.5. The van der Waals surface area contributed by atoms with Gasteiger partial charge < -0.3 is 9.47 Å². The number of nitrogens with zero attached hydrogens (tertiary/aromatic N) is 2. The number of fused-ring (bicyclic) bond motifs is 4. The van der Waals surface area contributed by atoms with Crippen molar-refractivity contribution in [2.75, 3.05) is 4.90 Å². The molecule has 2 heterocycles. The van der Waals surface area contributed by atoms with E-state index < -0.39 is 0 Å². The van der Waals surface area contributed by atoms with E-state index in [-0.39, 0.29) is 6.04 Å². The largest absolute Gasteiger partial charge is 0.333 e. The Kier molecular flexibility index (Phi) is 7.67. The van der Waals surface area contributed by atoms with Gasteiger partial charge in [0.2, 0.25) is 0 Å². The first-order chi connectivity index (χ1) is 27.8. The third-order valence-electron chi connectivity index (χ3n) is 11.7. The Balaban J connectivity index is 1.04. The topological polar surface area (TPSA) is 8.17 Å². The van der Waals surface area contributed by atoms with Crippen molar-refractivity contribution in [3.63, 3.8) is 0 Å². The summed E-state index contributed by atoms with van der Waals surface area (Å²) in [6.07, 6.45) is 0.923. The Hall–Kier alpha value is -7.16. The third kappa shape index (κ3) is 5.41. The van der Waals surface area contributed by atoms with E-state index in [1.807, 2.05) is 0 Å². The van der Waals surface area contributed by atoms with Gasteiger partial charge in [0, 0.05) is 22.4 Å². The SMILES string of the molecule is c1ccc(-c2cc3cc4c(cc3n2-c2ccc(-c3cccc5ccccc35)cc2)CC(c2ccccc2)N4c2ccc(-c3cccc4ccccc34)cc2)cc1. The number of aromatic nitrogens is 1. The molecule has 0 N–H and O–H groups in total. The summed E-state index contributed by atoms with van der Waals surface area (Å²) in [5, 5.41) is 6.30. The zero-order valence-corrected chi connectivity index (χ0v) is 30.9. The van der Waals surface area contributed by atoms with Crippen molar-refractivity contribution < 1.29 is 0 Å². The molecule has 0 radical (unpaired) electrons. The van der Waals surface area contributed by atoms with Crippen LogP contribution >= 0.6 is 0 Å². The quantitative estimate of drug-likeness (QED) is 0.166. The Morgan fingerprint density at radius 1 is 0.393 bits per heavy atom. The molecule has 2 nitrogen and oxygen atoms in total. The van der Waals surface area contributed by atoms with Crippen molar-refractivity contribution in [3.05, 3.63) is 223 Å². The summed E-state index contributed by atoms with van der Waals surface area (Å²) in [4.78, 5) is 2.56. The maximum absolute atomic E-state index is 2.56. The van der Waals surface area contributed by atoms with Gasteiger partial charge >= 0.3 is 0 Å². The smallest absolute Gasteiger partial charge is 0.0632 e. The molecule has 264 valence electrons. The van der Waals surface area contributed by atoms with Crippen LogP contribution in [0.2, 0.25) is 0 Å². The lowest BCUT2D eigenvalue weighted by Crippen LogP contribution is -2.19. The van der Waals surface area contributed by atoms with Crippen LogP contribution in [-0.4, -0.2) is 4.57 Å². The van der Waals surface area contributed by atoms with Gasteiger partial charge in [-0.3, -0.25) is 0 Å². The monoisotopic (exact) mass is 714 g/mol. The fourth-order valence-electron chi connectivity index (χ4n) is 9.05. The Bertz CT molecular complexity index is 3020. The van der Waals surface area contributed by atoms with Gasteiger partial charge in [-0.1, -0.05) is 170 Å². The molecule has 0 saturated carbocycles. The minimum Gasteiger partial charge on any atom is -0.333 e. The molecule has 1 aliphatic rings. The van der Waals surface area contributed by atoms with E-state index in [9.17, 15) is 0 Å². The predicted octanol–water partition coefficient (Wildman–Crippen LogP) is 14.4. The normalized spacial score (nSPS) is 13.8. The predicted molar refractivity (Wildman–Crippen MR) is 236 cm³/mol. The van der Waals surface area contributed by atoms with E-state index in [2.05, 4.69) is 222 Å². The molecule has 0 fully saturated rings. The van der Waals surface area contributed by atoms with Crippen molar-refractivity contribution in [2.45, 2.75) is 12.5 Å². The zero-order chi connectivity index (χ0) is 37.0. The van der Waals surface area contributed by atoms with Crippen molar-refractivity contribution >= 4 is 43.8 Å². The third-order valence-corrected chi connectivity index (χ3v) is 11.7. The van der Waals surface area contributed by atoms with Gasteiger partial charge in [-0.05, 0) is 109 Å². The van der Waals surface area contributed by atoms with Gasteiger partial charge in [0.1, 0.15) is 0 Å². The molecule has 10 aromatic rings. The molecule has 0 spiro atoms. The molecule has 2 heteroatoms. The van der Waals surface area contributed by atoms with Crippen LogP contribution < -0.4 is 4.90 Å². The van der Waals surface area contributed by atoms with Crippen molar-refractivity contribution in [1.29, 1.82) is 0 Å². The van der Waals surface area contributed by atoms with Crippen LogP contribution in [0.25, 0.3) is 71.6 Å². The lowest BCUT2D eigenvalue weighted by molar-refractivity contribution is 0.743. The molecule has 56 heavy (non-hydrogen) atoms. The summed E-state index contributed by atoms with van der Waals surface area (Å²) in [5.41, 5.74) is 14.9. The van der Waals surface area contributed by atoms with Crippen molar-refractivity contribution in [1.82, 2.24) is 4.57 Å². The summed E-state index contributed by atoms with van der Waals surface area (Å²) in [5.74, 6) is 0. The number of anilines is 2. The lowest BCUT2D eigenvalue weighted by Gasteiger charge is -2.28. The molecule has 11 rings (SSSR count). The second kappa shape index (κ2) is 13.3. The average molecular weight is 715 g/mol. The highest BCUT2D eigenvalue weighted by molar-refractivity contribution is 5.99. The minimum absolute atomic E-state index is 0.183. The van der Waals surface area contributed by atoms with Crippen LogP contribution in [0.15, 0.2) is 212 Å². The van der Waals surface area contributed by atoms with Gasteiger partial charge in [-0.2, -0.15) is 0 Å². The van der Waals surface area contributed by atoms with Gasteiger partial charge in [-0.15, -0.1) is 0 Å². The van der Waals surface area contributed by atoms with E-state index in [1.165, 1.54) is 88.5 Å². The number of benzene rings is 9. The minimum atomic E-state index is 0.183. The standard InChI is InChI=1S/C54H38N2/c1-3-15-41(16-4-1)51-33-43-35-54-44(36-53(43)55(51)45-29-25-39(26-30-45)49-23-11-19-37-13-7-9-21-47(37)49)34-52(42-17-5-2-6-18-42)56(54)46-31-27-40(28-32-46)50-24-12-20-38-14-8-10-22-48(38)50/h1-33,35-36,52H,34H2. The van der Waals surface area contributed by atoms with Gasteiger partial charge in [0.25, 0.3) is 0 Å².